The van der Waals surface area contributed by atoms with Crippen LogP contribution in [0.2, 0.25) is 0 Å². The fourth-order valence-corrected chi connectivity index (χ4v) is 5.97. The monoisotopic (exact) mass is 368 g/mol. The zero-order valence-corrected chi connectivity index (χ0v) is 15.6. The Morgan fingerprint density at radius 3 is 3.00 bits per heavy atom. The van der Waals surface area contributed by atoms with Crippen LogP contribution < -0.4 is 0 Å². The Kier molecular flexibility index (Phi) is 5.84. The first-order valence-electron chi connectivity index (χ1n) is 8.45. The minimum atomic E-state index is -0.793. The molecule has 0 aliphatic carbocycles. The average molecular weight is 369 g/mol. The van der Waals surface area contributed by atoms with Crippen LogP contribution in [0.3, 0.4) is 0 Å². The quantitative estimate of drug-likeness (QED) is 0.885. The number of aliphatic carboxylic acids is 1. The van der Waals surface area contributed by atoms with E-state index in [2.05, 4.69) is 11.4 Å². The maximum Gasteiger partial charge on any atom is 0.317 e. The third kappa shape index (κ3) is 3.95. The van der Waals surface area contributed by atoms with Crippen molar-refractivity contribution in [2.45, 2.75) is 37.0 Å². The predicted molar refractivity (Wildman–Crippen MR) is 97.7 cm³/mol. The van der Waals surface area contributed by atoms with E-state index < -0.39 is 5.97 Å². The van der Waals surface area contributed by atoms with Crippen LogP contribution in [0, 0.1) is 0 Å². The third-order valence-corrected chi connectivity index (χ3v) is 7.14. The molecular formula is C17H24N2O3S2. The first-order chi connectivity index (χ1) is 11.6. The number of thioether (sulfide) groups is 1. The van der Waals surface area contributed by atoms with E-state index in [9.17, 15) is 9.59 Å². The molecule has 24 heavy (non-hydrogen) atoms. The summed E-state index contributed by atoms with van der Waals surface area (Å²) in [5, 5.41) is 11.0. The number of aryl methyl sites for hydroxylation is 1. The van der Waals surface area contributed by atoms with Gasteiger partial charge in [0.05, 0.1) is 6.54 Å². The molecule has 0 spiro atoms. The zero-order chi connectivity index (χ0) is 17.1. The fourth-order valence-electron chi connectivity index (χ4n) is 3.60. The number of carbonyl (C=O) groups excluding carboxylic acids is 1. The van der Waals surface area contributed by atoms with Gasteiger partial charge < -0.3 is 10.0 Å². The molecule has 132 valence electrons. The number of nitrogens with zero attached hydrogens (tertiary/aromatic N) is 2. The van der Waals surface area contributed by atoms with Gasteiger partial charge in [-0.25, -0.2) is 0 Å². The lowest BCUT2D eigenvalue weighted by atomic mass is 10.1. The number of likely N-dealkylation sites (N-methyl/N-ethyl adjacent to an activating group) is 1. The molecule has 0 aromatic carbocycles. The van der Waals surface area contributed by atoms with Gasteiger partial charge in [0, 0.05) is 24.0 Å². The maximum absolute atomic E-state index is 13.0. The van der Waals surface area contributed by atoms with Gasteiger partial charge in [-0.3, -0.25) is 14.5 Å². The highest BCUT2D eigenvalue weighted by Gasteiger charge is 2.32. The van der Waals surface area contributed by atoms with Gasteiger partial charge in [0.15, 0.2) is 0 Å². The van der Waals surface area contributed by atoms with Crippen molar-refractivity contribution in [3.05, 3.63) is 21.9 Å². The third-order valence-electron chi connectivity index (χ3n) is 4.92. The second-order valence-corrected chi connectivity index (χ2v) is 8.73. The number of carboxylic acids is 1. The van der Waals surface area contributed by atoms with Crippen molar-refractivity contribution >= 4 is 35.0 Å². The molecule has 3 rings (SSSR count). The molecule has 1 amide bonds. The number of carbonyl (C=O) groups is 2. The molecule has 1 saturated heterocycles. The van der Waals surface area contributed by atoms with E-state index in [1.807, 2.05) is 16.8 Å². The number of hydrogen-bond donors (Lipinski definition) is 1. The van der Waals surface area contributed by atoms with Crippen molar-refractivity contribution in [2.24, 2.45) is 0 Å². The summed E-state index contributed by atoms with van der Waals surface area (Å²) in [7, 11) is 1.87. The standard InChI is InChI=1S/C17H24N2O3S2/c1-18(11-15(20)21)12-3-2-7-19(8-4-12)17(22)16-13-5-9-23-14(13)6-10-24-16/h5,9,12,16H,2-4,6-8,10-11H2,1H3,(H,20,21). The summed E-state index contributed by atoms with van der Waals surface area (Å²) in [6, 6.07) is 2.35. The first-order valence-corrected chi connectivity index (χ1v) is 10.4. The number of fused-ring (bicyclic) bond motifs is 1. The molecule has 7 heteroatoms. The summed E-state index contributed by atoms with van der Waals surface area (Å²) in [5.74, 6) is 0.459. The Bertz CT molecular complexity index is 604. The molecule has 1 N–H and O–H groups in total. The number of likely N-dealkylation sites (tertiary alicyclic amines) is 1. The van der Waals surface area contributed by atoms with Crippen molar-refractivity contribution in [3.8, 4) is 0 Å². The van der Waals surface area contributed by atoms with Crippen molar-refractivity contribution in [3.63, 3.8) is 0 Å². The van der Waals surface area contributed by atoms with Gasteiger partial charge in [0.1, 0.15) is 5.25 Å². The summed E-state index contributed by atoms with van der Waals surface area (Å²) in [6.45, 7) is 1.58. The zero-order valence-electron chi connectivity index (χ0n) is 13.9. The molecule has 3 heterocycles. The Morgan fingerprint density at radius 2 is 2.21 bits per heavy atom. The normalized spacial score (nSPS) is 24.5. The van der Waals surface area contributed by atoms with Crippen LogP contribution >= 0.6 is 23.1 Å². The lowest BCUT2D eigenvalue weighted by molar-refractivity contribution is -0.138. The van der Waals surface area contributed by atoms with E-state index in [1.165, 1.54) is 10.4 Å². The van der Waals surface area contributed by atoms with Crippen LogP contribution in [-0.4, -0.2) is 65.3 Å². The van der Waals surface area contributed by atoms with Crippen molar-refractivity contribution in [1.29, 1.82) is 0 Å². The summed E-state index contributed by atoms with van der Waals surface area (Å²) in [4.78, 5) is 29.2. The van der Waals surface area contributed by atoms with Crippen molar-refractivity contribution in [1.82, 2.24) is 9.80 Å². The van der Waals surface area contributed by atoms with E-state index >= 15 is 0 Å². The molecule has 1 aromatic rings. The second kappa shape index (κ2) is 7.89. The summed E-state index contributed by atoms with van der Waals surface area (Å²) in [5.41, 5.74) is 1.21. The van der Waals surface area contributed by atoms with Crippen LogP contribution in [0.1, 0.15) is 35.0 Å². The number of rotatable bonds is 4. The van der Waals surface area contributed by atoms with Crippen LogP contribution in [0.15, 0.2) is 11.4 Å². The lowest BCUT2D eigenvalue weighted by Gasteiger charge is -2.29. The Hall–Kier alpha value is -1.05. The van der Waals surface area contributed by atoms with Gasteiger partial charge in [0.2, 0.25) is 5.91 Å². The highest BCUT2D eigenvalue weighted by atomic mass is 32.2. The molecule has 5 nitrogen and oxygen atoms in total. The minimum Gasteiger partial charge on any atom is -0.480 e. The Balaban J connectivity index is 1.62. The average Bonchev–Trinajstić information content (AvgIpc) is 2.89. The molecule has 1 aromatic heterocycles. The summed E-state index contributed by atoms with van der Waals surface area (Å²) < 4.78 is 0. The van der Waals surface area contributed by atoms with Crippen molar-refractivity contribution < 1.29 is 14.7 Å². The highest BCUT2D eigenvalue weighted by molar-refractivity contribution is 8.00. The number of hydrogen-bond acceptors (Lipinski definition) is 5. The van der Waals surface area contributed by atoms with Gasteiger partial charge in [-0.15, -0.1) is 23.1 Å². The highest BCUT2D eigenvalue weighted by Crippen LogP contribution is 2.40. The topological polar surface area (TPSA) is 60.9 Å². The molecule has 2 aliphatic rings. The van der Waals surface area contributed by atoms with Gasteiger partial charge in [-0.2, -0.15) is 0 Å². The van der Waals surface area contributed by atoms with Crippen LogP contribution in [0.25, 0.3) is 0 Å². The van der Waals surface area contributed by atoms with E-state index in [-0.39, 0.29) is 23.7 Å². The molecule has 2 aliphatic heterocycles. The maximum atomic E-state index is 13.0. The van der Waals surface area contributed by atoms with Gasteiger partial charge in [0.25, 0.3) is 0 Å². The van der Waals surface area contributed by atoms with E-state index in [0.29, 0.717) is 0 Å². The number of amides is 1. The first kappa shape index (κ1) is 17.8. The van der Waals surface area contributed by atoms with Crippen LogP contribution in [0.4, 0.5) is 0 Å². The molecule has 0 radical (unpaired) electrons. The van der Waals surface area contributed by atoms with Gasteiger partial charge in [-0.05, 0) is 55.5 Å². The molecule has 1 fully saturated rings. The molecule has 2 unspecified atom stereocenters. The van der Waals surface area contributed by atoms with Gasteiger partial charge >= 0.3 is 5.97 Å². The molecule has 2 atom stereocenters. The van der Waals surface area contributed by atoms with Crippen LogP contribution in [-0.2, 0) is 16.0 Å². The van der Waals surface area contributed by atoms with Gasteiger partial charge in [-0.1, -0.05) is 0 Å². The molecular weight excluding hydrogens is 344 g/mol. The van der Waals surface area contributed by atoms with Crippen molar-refractivity contribution in [2.75, 3.05) is 32.4 Å². The predicted octanol–water partition coefficient (Wildman–Crippen LogP) is 2.48. The minimum absolute atomic E-state index is 0.0479. The fraction of sp³-hybridized carbons (Fsp3) is 0.647. The SMILES string of the molecule is CN(CC(=O)O)C1CCCN(C(=O)C2SCCc3sccc32)CC1. The largest absolute Gasteiger partial charge is 0.480 e. The Labute approximate surface area is 151 Å². The molecule has 0 bridgehead atoms. The van der Waals surface area contributed by atoms with E-state index in [1.54, 1.807) is 23.1 Å². The number of carboxylic acid groups (broad SMARTS) is 1. The van der Waals surface area contributed by atoms with E-state index in [0.717, 1.165) is 44.5 Å². The summed E-state index contributed by atoms with van der Waals surface area (Å²) >= 11 is 3.52. The number of thiophene rings is 1. The Morgan fingerprint density at radius 1 is 1.38 bits per heavy atom. The van der Waals surface area contributed by atoms with E-state index in [4.69, 9.17) is 5.11 Å². The smallest absolute Gasteiger partial charge is 0.317 e. The second-order valence-electron chi connectivity index (χ2n) is 6.52. The van der Waals surface area contributed by atoms with Crippen LogP contribution in [0.5, 0.6) is 0 Å². The summed E-state index contributed by atoms with van der Waals surface area (Å²) in [6.07, 6.45) is 3.82. The lowest BCUT2D eigenvalue weighted by Crippen LogP contribution is -2.38. The molecule has 0 saturated carbocycles.